The molecule has 1 aliphatic heterocycles. The molecule has 3 rings (SSSR count). The van der Waals surface area contributed by atoms with Gasteiger partial charge in [0.25, 0.3) is 11.8 Å². The van der Waals surface area contributed by atoms with Crippen LogP contribution in [0.3, 0.4) is 0 Å². The van der Waals surface area contributed by atoms with Crippen LogP contribution < -0.4 is 24.8 Å². The van der Waals surface area contributed by atoms with E-state index in [9.17, 15) is 9.59 Å². The van der Waals surface area contributed by atoms with Crippen molar-refractivity contribution in [3.05, 3.63) is 58.1 Å². The number of nitrogens with one attached hydrogen (secondary N) is 2. The first-order chi connectivity index (χ1) is 16.0. The summed E-state index contributed by atoms with van der Waals surface area (Å²) in [6.45, 7) is 3.78. The highest BCUT2D eigenvalue weighted by molar-refractivity contribution is 9.10. The van der Waals surface area contributed by atoms with E-state index >= 15 is 0 Å². The summed E-state index contributed by atoms with van der Waals surface area (Å²) in [7, 11) is 0. The summed E-state index contributed by atoms with van der Waals surface area (Å²) in [5.41, 5.74) is 0.526. The maximum Gasteiger partial charge on any atom is 0.263 e. The van der Waals surface area contributed by atoms with Gasteiger partial charge in [0.15, 0.2) is 16.6 Å². The van der Waals surface area contributed by atoms with E-state index in [4.69, 9.17) is 31.2 Å². The van der Waals surface area contributed by atoms with Gasteiger partial charge in [0, 0.05) is 0 Å². The first-order valence-corrected chi connectivity index (χ1v) is 11.4. The number of amides is 2. The fraction of sp³-hybridized carbons (Fsp3) is 0.261. The van der Waals surface area contributed by atoms with Crippen molar-refractivity contribution in [2.45, 2.75) is 6.92 Å². The number of para-hydroxylation sites is 1. The normalized spacial score (nSPS) is 13.3. The Balaban J connectivity index is 1.57. The van der Waals surface area contributed by atoms with Gasteiger partial charge in [-0.1, -0.05) is 18.2 Å². The van der Waals surface area contributed by atoms with Gasteiger partial charge in [-0.15, -0.1) is 0 Å². The second-order valence-electron chi connectivity index (χ2n) is 6.68. The summed E-state index contributed by atoms with van der Waals surface area (Å²) in [5.74, 6) is 0.641. The molecule has 0 aliphatic carbocycles. The predicted molar refractivity (Wildman–Crippen MR) is 130 cm³/mol. The van der Waals surface area contributed by atoms with E-state index in [0.717, 1.165) is 5.75 Å². The van der Waals surface area contributed by atoms with Crippen molar-refractivity contribution in [3.8, 4) is 17.2 Å². The molecule has 2 amide bonds. The van der Waals surface area contributed by atoms with Crippen molar-refractivity contribution in [3.63, 3.8) is 0 Å². The minimum Gasteiger partial charge on any atom is -0.491 e. The number of ether oxygens (including phenoxy) is 4. The number of halogens is 1. The van der Waals surface area contributed by atoms with Gasteiger partial charge in [-0.05, 0) is 71.0 Å². The molecule has 1 fully saturated rings. The van der Waals surface area contributed by atoms with Gasteiger partial charge in [-0.2, -0.15) is 0 Å². The molecule has 0 radical (unpaired) electrons. The minimum atomic E-state index is -0.563. The lowest BCUT2D eigenvalue weighted by atomic mass is 10.1. The highest BCUT2D eigenvalue weighted by atomic mass is 79.9. The number of thiocarbonyl (C=S) groups is 1. The lowest BCUT2D eigenvalue weighted by Gasteiger charge is -2.17. The van der Waals surface area contributed by atoms with Crippen LogP contribution in [0.5, 0.6) is 17.2 Å². The largest absolute Gasteiger partial charge is 0.491 e. The molecule has 2 N–H and O–H groups in total. The van der Waals surface area contributed by atoms with Gasteiger partial charge in [-0.3, -0.25) is 20.2 Å². The van der Waals surface area contributed by atoms with Crippen LogP contribution in [0.2, 0.25) is 0 Å². The van der Waals surface area contributed by atoms with E-state index in [-0.39, 0.29) is 10.7 Å². The molecule has 0 spiro atoms. The zero-order valence-electron chi connectivity index (χ0n) is 17.9. The van der Waals surface area contributed by atoms with Crippen molar-refractivity contribution < 1.29 is 28.5 Å². The molecule has 1 heterocycles. The SMILES string of the molecule is CCOc1cc(C=C2C(=O)NC(=S)NC2=O)cc(Br)c1OCCOCCOc1ccccc1. The predicted octanol–water partition coefficient (Wildman–Crippen LogP) is 3.24. The van der Waals surface area contributed by atoms with Crippen LogP contribution in [0.15, 0.2) is 52.5 Å². The minimum absolute atomic E-state index is 0.0177. The molecule has 8 nitrogen and oxygen atoms in total. The summed E-state index contributed by atoms with van der Waals surface area (Å²) in [6, 6.07) is 12.9. The van der Waals surface area contributed by atoms with Crippen LogP contribution in [0, 0.1) is 0 Å². The standard InChI is InChI=1S/C23H23BrN2O6S/c1-2-30-19-14-15(12-17-21(27)25-23(33)26-22(17)28)13-18(24)20(19)32-11-9-29-8-10-31-16-6-4-3-5-7-16/h3-7,12-14H,2,8-11H2,1H3,(H2,25,26,27,28,33). The molecule has 1 aliphatic rings. The number of rotatable bonds is 11. The van der Waals surface area contributed by atoms with Crippen LogP contribution in [-0.2, 0) is 14.3 Å². The number of hydrogen-bond acceptors (Lipinski definition) is 7. The van der Waals surface area contributed by atoms with Gasteiger partial charge < -0.3 is 18.9 Å². The third-order valence-corrected chi connectivity index (χ3v) is 5.09. The Labute approximate surface area is 205 Å². The second-order valence-corrected chi connectivity index (χ2v) is 7.94. The number of benzene rings is 2. The molecule has 2 aromatic rings. The molecule has 0 atom stereocenters. The zero-order chi connectivity index (χ0) is 23.6. The van der Waals surface area contributed by atoms with Crippen molar-refractivity contribution in [1.82, 2.24) is 10.6 Å². The van der Waals surface area contributed by atoms with Crippen LogP contribution in [-0.4, -0.2) is 50.0 Å². The van der Waals surface area contributed by atoms with Crippen molar-refractivity contribution >= 4 is 51.2 Å². The van der Waals surface area contributed by atoms with E-state index in [1.54, 1.807) is 12.1 Å². The molecular weight excluding hydrogens is 512 g/mol. The second kappa shape index (κ2) is 12.3. The van der Waals surface area contributed by atoms with Crippen LogP contribution in [0.1, 0.15) is 12.5 Å². The molecule has 0 bridgehead atoms. The molecule has 1 saturated heterocycles. The van der Waals surface area contributed by atoms with Crippen LogP contribution in [0.25, 0.3) is 6.08 Å². The number of hydrogen-bond donors (Lipinski definition) is 2. The van der Waals surface area contributed by atoms with E-state index in [1.165, 1.54) is 6.08 Å². The smallest absolute Gasteiger partial charge is 0.263 e. The lowest BCUT2D eigenvalue weighted by Crippen LogP contribution is -2.51. The molecular formula is C23H23BrN2O6S. The topological polar surface area (TPSA) is 95.1 Å². The highest BCUT2D eigenvalue weighted by Gasteiger charge is 2.26. The van der Waals surface area contributed by atoms with E-state index in [2.05, 4.69) is 26.6 Å². The Morgan fingerprint density at radius 1 is 0.939 bits per heavy atom. The fourth-order valence-corrected chi connectivity index (χ4v) is 3.65. The number of carbonyl (C=O) groups excluding carboxylic acids is 2. The lowest BCUT2D eigenvalue weighted by molar-refractivity contribution is -0.123. The fourth-order valence-electron chi connectivity index (χ4n) is 2.89. The molecule has 2 aromatic carbocycles. The van der Waals surface area contributed by atoms with Gasteiger partial charge in [0.1, 0.15) is 24.5 Å². The van der Waals surface area contributed by atoms with Gasteiger partial charge >= 0.3 is 0 Å². The Kier molecular flexibility index (Phi) is 9.23. The molecule has 0 saturated carbocycles. The first-order valence-electron chi connectivity index (χ1n) is 10.2. The Bertz CT molecular complexity index is 1020. The van der Waals surface area contributed by atoms with E-state index < -0.39 is 11.8 Å². The Morgan fingerprint density at radius 3 is 2.27 bits per heavy atom. The Hall–Kier alpha value is -2.95. The molecule has 0 unspecified atom stereocenters. The first kappa shape index (κ1) is 24.7. The summed E-state index contributed by atoms with van der Waals surface area (Å²) in [4.78, 5) is 24.2. The van der Waals surface area contributed by atoms with Crippen molar-refractivity contribution in [1.29, 1.82) is 0 Å². The zero-order valence-corrected chi connectivity index (χ0v) is 20.3. The average molecular weight is 535 g/mol. The summed E-state index contributed by atoms with van der Waals surface area (Å²) in [5, 5.41) is 4.79. The monoisotopic (exact) mass is 534 g/mol. The molecule has 174 valence electrons. The van der Waals surface area contributed by atoms with Crippen LogP contribution in [0.4, 0.5) is 0 Å². The van der Waals surface area contributed by atoms with Crippen molar-refractivity contribution in [2.75, 3.05) is 33.0 Å². The van der Waals surface area contributed by atoms with Crippen molar-refractivity contribution in [2.24, 2.45) is 0 Å². The van der Waals surface area contributed by atoms with Gasteiger partial charge in [0.05, 0.1) is 24.3 Å². The van der Waals surface area contributed by atoms with Gasteiger partial charge in [-0.25, -0.2) is 0 Å². The van der Waals surface area contributed by atoms with E-state index in [1.807, 2.05) is 37.3 Å². The maximum atomic E-state index is 12.1. The summed E-state index contributed by atoms with van der Waals surface area (Å²) >= 11 is 8.29. The molecule has 0 aromatic heterocycles. The Morgan fingerprint density at radius 2 is 1.61 bits per heavy atom. The third-order valence-electron chi connectivity index (χ3n) is 4.30. The summed E-state index contributed by atoms with van der Waals surface area (Å²) < 4.78 is 23.3. The summed E-state index contributed by atoms with van der Waals surface area (Å²) in [6.07, 6.45) is 1.46. The quantitative estimate of drug-likeness (QED) is 0.198. The average Bonchev–Trinajstić information content (AvgIpc) is 2.78. The number of carbonyl (C=O) groups is 2. The maximum absolute atomic E-state index is 12.1. The highest BCUT2D eigenvalue weighted by Crippen LogP contribution is 2.37. The van der Waals surface area contributed by atoms with Crippen LogP contribution >= 0.6 is 28.1 Å². The van der Waals surface area contributed by atoms with E-state index in [0.29, 0.717) is 54.6 Å². The van der Waals surface area contributed by atoms with Gasteiger partial charge in [0.2, 0.25) is 0 Å². The molecule has 10 heteroatoms. The third kappa shape index (κ3) is 7.28. The molecule has 33 heavy (non-hydrogen) atoms.